The Kier molecular flexibility index (Phi) is 2.00. The number of amides is 1. The van der Waals surface area contributed by atoms with Crippen molar-refractivity contribution in [1.29, 1.82) is 0 Å². The van der Waals surface area contributed by atoms with Gasteiger partial charge in [-0.15, -0.1) is 11.3 Å². The minimum absolute atomic E-state index is 0.471. The SMILES string of the molecule is O=C(NO)c1cc2c[c]ccc2s1. The normalized spacial score (nSPS) is 10.2. The van der Waals surface area contributed by atoms with E-state index in [9.17, 15) is 4.79 Å². The minimum Gasteiger partial charge on any atom is -0.288 e. The number of hydroxylamine groups is 1. The van der Waals surface area contributed by atoms with E-state index in [0.29, 0.717) is 4.88 Å². The van der Waals surface area contributed by atoms with Gasteiger partial charge in [-0.25, -0.2) is 5.48 Å². The topological polar surface area (TPSA) is 49.3 Å². The fraction of sp³-hybridized carbons (Fsp3) is 0. The van der Waals surface area contributed by atoms with E-state index in [1.165, 1.54) is 11.3 Å². The van der Waals surface area contributed by atoms with E-state index in [1.807, 2.05) is 6.07 Å². The van der Waals surface area contributed by atoms with Crippen molar-refractivity contribution in [2.24, 2.45) is 0 Å². The molecule has 0 fully saturated rings. The molecule has 4 heteroatoms. The predicted molar refractivity (Wildman–Crippen MR) is 49.9 cm³/mol. The quantitative estimate of drug-likeness (QED) is 0.535. The molecule has 0 saturated carbocycles. The average Bonchev–Trinajstić information content (AvgIpc) is 2.59. The molecular weight excluding hydrogens is 186 g/mol. The number of rotatable bonds is 1. The maximum absolute atomic E-state index is 11.0. The van der Waals surface area contributed by atoms with Crippen LogP contribution < -0.4 is 5.48 Å². The molecule has 13 heavy (non-hydrogen) atoms. The van der Waals surface area contributed by atoms with Crippen LogP contribution in [0.5, 0.6) is 0 Å². The summed E-state index contributed by atoms with van der Waals surface area (Å²) in [5.74, 6) is -0.471. The van der Waals surface area contributed by atoms with Crippen molar-refractivity contribution >= 4 is 27.3 Å². The first kappa shape index (κ1) is 8.22. The second-order valence-corrected chi connectivity index (χ2v) is 3.60. The monoisotopic (exact) mass is 192 g/mol. The fourth-order valence-electron chi connectivity index (χ4n) is 1.09. The second kappa shape index (κ2) is 3.16. The van der Waals surface area contributed by atoms with Crippen LogP contribution in [0.1, 0.15) is 9.67 Å². The van der Waals surface area contributed by atoms with Gasteiger partial charge in [-0.2, -0.15) is 0 Å². The van der Waals surface area contributed by atoms with Crippen molar-refractivity contribution in [3.63, 3.8) is 0 Å². The Morgan fingerprint density at radius 3 is 3.15 bits per heavy atom. The third-order valence-electron chi connectivity index (χ3n) is 1.69. The van der Waals surface area contributed by atoms with Gasteiger partial charge in [-0.3, -0.25) is 10.0 Å². The van der Waals surface area contributed by atoms with Crippen LogP contribution in [0.3, 0.4) is 0 Å². The van der Waals surface area contributed by atoms with Crippen LogP contribution in [-0.2, 0) is 0 Å². The predicted octanol–water partition coefficient (Wildman–Crippen LogP) is 1.82. The highest BCUT2D eigenvalue weighted by atomic mass is 32.1. The third kappa shape index (κ3) is 1.41. The van der Waals surface area contributed by atoms with Gasteiger partial charge in [0, 0.05) is 4.70 Å². The van der Waals surface area contributed by atoms with E-state index in [0.717, 1.165) is 10.1 Å². The molecule has 2 aromatic rings. The van der Waals surface area contributed by atoms with Gasteiger partial charge in [0.1, 0.15) is 0 Å². The summed E-state index contributed by atoms with van der Waals surface area (Å²) < 4.78 is 1.01. The van der Waals surface area contributed by atoms with Gasteiger partial charge < -0.3 is 0 Å². The highest BCUT2D eigenvalue weighted by molar-refractivity contribution is 7.20. The van der Waals surface area contributed by atoms with Gasteiger partial charge in [-0.1, -0.05) is 6.07 Å². The molecule has 0 atom stereocenters. The highest BCUT2D eigenvalue weighted by Gasteiger charge is 2.07. The lowest BCUT2D eigenvalue weighted by molar-refractivity contribution is 0.0711. The molecule has 1 radical (unpaired) electrons. The fourth-order valence-corrected chi connectivity index (χ4v) is 2.02. The van der Waals surface area contributed by atoms with Crippen LogP contribution in [0, 0.1) is 6.07 Å². The summed E-state index contributed by atoms with van der Waals surface area (Å²) in [6.07, 6.45) is 0. The molecule has 0 saturated heterocycles. The van der Waals surface area contributed by atoms with E-state index in [4.69, 9.17) is 5.21 Å². The molecule has 1 heterocycles. The summed E-state index contributed by atoms with van der Waals surface area (Å²) in [5.41, 5.74) is 1.60. The van der Waals surface area contributed by atoms with Gasteiger partial charge in [0.05, 0.1) is 4.88 Å². The number of nitrogens with one attached hydrogen (secondary N) is 1. The number of hydrogen-bond acceptors (Lipinski definition) is 3. The molecular formula is C9H6NO2S. The lowest BCUT2D eigenvalue weighted by atomic mass is 10.2. The summed E-state index contributed by atoms with van der Waals surface area (Å²) in [6.45, 7) is 0. The largest absolute Gasteiger partial charge is 0.288 e. The summed E-state index contributed by atoms with van der Waals surface area (Å²) >= 11 is 1.34. The summed E-state index contributed by atoms with van der Waals surface area (Å²) in [5, 5.41) is 9.38. The lowest BCUT2D eigenvalue weighted by Gasteiger charge is -1.89. The smallest absolute Gasteiger partial charge is 0.284 e. The second-order valence-electron chi connectivity index (χ2n) is 2.52. The minimum atomic E-state index is -0.471. The Hall–Kier alpha value is -1.39. The van der Waals surface area contributed by atoms with Crippen LogP contribution in [0.15, 0.2) is 24.3 Å². The molecule has 3 nitrogen and oxygen atoms in total. The average molecular weight is 192 g/mol. The van der Waals surface area contributed by atoms with Gasteiger partial charge in [0.15, 0.2) is 0 Å². The maximum atomic E-state index is 11.0. The van der Waals surface area contributed by atoms with Crippen molar-refractivity contribution in [1.82, 2.24) is 5.48 Å². The van der Waals surface area contributed by atoms with E-state index >= 15 is 0 Å². The number of hydrogen-bond donors (Lipinski definition) is 2. The number of fused-ring (bicyclic) bond motifs is 1. The Balaban J connectivity index is 2.56. The van der Waals surface area contributed by atoms with Crippen molar-refractivity contribution < 1.29 is 10.0 Å². The van der Waals surface area contributed by atoms with Crippen LogP contribution in [0.25, 0.3) is 10.1 Å². The first-order valence-electron chi connectivity index (χ1n) is 3.65. The van der Waals surface area contributed by atoms with E-state index in [-0.39, 0.29) is 0 Å². The number of benzene rings is 1. The molecule has 2 rings (SSSR count). The Bertz CT molecular complexity index is 417. The zero-order chi connectivity index (χ0) is 9.26. The van der Waals surface area contributed by atoms with E-state index < -0.39 is 5.91 Å². The molecule has 0 unspecified atom stereocenters. The third-order valence-corrected chi connectivity index (χ3v) is 2.80. The first-order chi connectivity index (χ1) is 6.31. The molecule has 2 N–H and O–H groups in total. The molecule has 1 amide bonds. The Labute approximate surface area is 78.6 Å². The Morgan fingerprint density at radius 1 is 1.62 bits per heavy atom. The van der Waals surface area contributed by atoms with Gasteiger partial charge in [0.2, 0.25) is 0 Å². The maximum Gasteiger partial charge on any atom is 0.284 e. The molecule has 0 spiro atoms. The highest BCUT2D eigenvalue weighted by Crippen LogP contribution is 2.24. The molecule has 0 aliphatic rings. The van der Waals surface area contributed by atoms with Crippen LogP contribution in [-0.4, -0.2) is 11.1 Å². The molecule has 0 bridgehead atoms. The number of thiophene rings is 1. The van der Waals surface area contributed by atoms with E-state index in [2.05, 4.69) is 6.07 Å². The number of carbonyl (C=O) groups is 1. The molecule has 65 valence electrons. The van der Waals surface area contributed by atoms with Gasteiger partial charge >= 0.3 is 0 Å². The molecule has 1 aromatic carbocycles. The van der Waals surface area contributed by atoms with Crippen molar-refractivity contribution in [2.75, 3.05) is 0 Å². The van der Waals surface area contributed by atoms with Gasteiger partial charge in [-0.05, 0) is 29.7 Å². The van der Waals surface area contributed by atoms with Crippen molar-refractivity contribution in [3.8, 4) is 0 Å². The zero-order valence-corrected chi connectivity index (χ0v) is 7.39. The van der Waals surface area contributed by atoms with Crippen molar-refractivity contribution in [2.45, 2.75) is 0 Å². The zero-order valence-electron chi connectivity index (χ0n) is 6.57. The first-order valence-corrected chi connectivity index (χ1v) is 4.47. The lowest BCUT2D eigenvalue weighted by Crippen LogP contribution is -2.16. The standard InChI is InChI=1S/C9H6NO2S/c11-9(10-12)8-5-6-3-1-2-4-7(6)13-8/h2-5,12H,(H,10,11). The van der Waals surface area contributed by atoms with Crippen molar-refractivity contribution in [3.05, 3.63) is 35.2 Å². The Morgan fingerprint density at radius 2 is 2.46 bits per heavy atom. The van der Waals surface area contributed by atoms with E-state index in [1.54, 1.807) is 23.7 Å². The summed E-state index contributed by atoms with van der Waals surface area (Å²) in [6, 6.07) is 10.1. The summed E-state index contributed by atoms with van der Waals surface area (Å²) in [7, 11) is 0. The van der Waals surface area contributed by atoms with Gasteiger partial charge in [0.25, 0.3) is 5.91 Å². The summed E-state index contributed by atoms with van der Waals surface area (Å²) in [4.78, 5) is 11.5. The molecule has 0 aliphatic carbocycles. The molecule has 1 aromatic heterocycles. The van der Waals surface area contributed by atoms with Crippen LogP contribution in [0.2, 0.25) is 0 Å². The number of carbonyl (C=O) groups excluding carboxylic acids is 1. The molecule has 0 aliphatic heterocycles. The van der Waals surface area contributed by atoms with Crippen LogP contribution in [0.4, 0.5) is 0 Å². The van der Waals surface area contributed by atoms with Crippen LogP contribution >= 0.6 is 11.3 Å².